The fraction of sp³-hybridized carbons (Fsp3) is 0.250. The van der Waals surface area contributed by atoms with Crippen LogP contribution < -0.4 is 10.5 Å². The molecule has 1 aromatic carbocycles. The maximum atomic E-state index is 13.6. The number of nitrogens with two attached hydrogens (primary N) is 1. The van der Waals surface area contributed by atoms with E-state index in [1.165, 1.54) is 0 Å². The highest BCUT2D eigenvalue weighted by atomic mass is 32.2. The van der Waals surface area contributed by atoms with Gasteiger partial charge < -0.3 is 10.2 Å². The summed E-state index contributed by atoms with van der Waals surface area (Å²) < 4.78 is 57.9. The minimum atomic E-state index is -4.20. The number of aromatic nitrogens is 1. The summed E-state index contributed by atoms with van der Waals surface area (Å²) in [6, 6.07) is 1.14. The van der Waals surface area contributed by atoms with E-state index in [-0.39, 0.29) is 12.4 Å². The largest absolute Gasteiger partial charge is 0.444 e. The number of anilines is 1. The predicted octanol–water partition coefficient (Wildman–Crippen LogP) is 1.63. The Hall–Kier alpha value is -2.00. The molecule has 114 valence electrons. The van der Waals surface area contributed by atoms with Crippen molar-refractivity contribution < 1.29 is 21.6 Å². The van der Waals surface area contributed by atoms with E-state index in [0.29, 0.717) is 17.5 Å². The first-order valence-electron chi connectivity index (χ1n) is 5.88. The number of oxazole rings is 1. The fourth-order valence-electron chi connectivity index (χ4n) is 1.60. The SMILES string of the molecule is Cc1nc(CNS(=O)(=O)c2cc(N)c(F)cc2F)oc1C. The zero-order valence-electron chi connectivity index (χ0n) is 11.3. The second kappa shape index (κ2) is 5.41. The summed E-state index contributed by atoms with van der Waals surface area (Å²) in [6.45, 7) is 3.13. The topological polar surface area (TPSA) is 98.2 Å². The van der Waals surface area contributed by atoms with Gasteiger partial charge in [-0.1, -0.05) is 0 Å². The Kier molecular flexibility index (Phi) is 3.97. The lowest BCUT2D eigenvalue weighted by Crippen LogP contribution is -2.24. The van der Waals surface area contributed by atoms with Crippen LogP contribution in [-0.4, -0.2) is 13.4 Å². The molecule has 0 fully saturated rings. The Morgan fingerprint density at radius 1 is 1.29 bits per heavy atom. The van der Waals surface area contributed by atoms with Gasteiger partial charge in [0.05, 0.1) is 17.9 Å². The molecule has 0 radical (unpaired) electrons. The van der Waals surface area contributed by atoms with Crippen LogP contribution in [-0.2, 0) is 16.6 Å². The summed E-state index contributed by atoms with van der Waals surface area (Å²) in [5.41, 5.74) is 5.42. The lowest BCUT2D eigenvalue weighted by atomic mass is 10.3. The average Bonchev–Trinajstić information content (AvgIpc) is 2.71. The Bertz CT molecular complexity index is 768. The number of nitrogens with one attached hydrogen (secondary N) is 1. The maximum absolute atomic E-state index is 13.6. The highest BCUT2D eigenvalue weighted by Gasteiger charge is 2.22. The summed E-state index contributed by atoms with van der Waals surface area (Å²) in [7, 11) is -4.20. The number of aryl methyl sites for hydroxylation is 2. The lowest BCUT2D eigenvalue weighted by Gasteiger charge is -2.07. The molecule has 3 N–H and O–H groups in total. The van der Waals surface area contributed by atoms with E-state index < -0.39 is 32.2 Å². The molecule has 0 aliphatic heterocycles. The highest BCUT2D eigenvalue weighted by molar-refractivity contribution is 7.89. The molecule has 1 aromatic heterocycles. The van der Waals surface area contributed by atoms with Gasteiger partial charge in [0, 0.05) is 6.07 Å². The zero-order valence-corrected chi connectivity index (χ0v) is 12.1. The first-order valence-corrected chi connectivity index (χ1v) is 7.36. The number of benzene rings is 1. The summed E-state index contributed by atoms with van der Waals surface area (Å²) in [6.07, 6.45) is 0. The van der Waals surface area contributed by atoms with Crippen molar-refractivity contribution in [2.24, 2.45) is 0 Å². The quantitative estimate of drug-likeness (QED) is 0.835. The van der Waals surface area contributed by atoms with Crippen LogP contribution in [0.5, 0.6) is 0 Å². The minimum absolute atomic E-state index is 0.143. The maximum Gasteiger partial charge on any atom is 0.244 e. The highest BCUT2D eigenvalue weighted by Crippen LogP contribution is 2.21. The Morgan fingerprint density at radius 3 is 2.52 bits per heavy atom. The van der Waals surface area contributed by atoms with E-state index in [2.05, 4.69) is 9.71 Å². The van der Waals surface area contributed by atoms with Crippen LogP contribution in [0.1, 0.15) is 17.3 Å². The number of nitrogen functional groups attached to an aromatic ring is 1. The molecular weight excluding hydrogens is 304 g/mol. The van der Waals surface area contributed by atoms with Crippen molar-refractivity contribution in [3.8, 4) is 0 Å². The number of rotatable bonds is 4. The average molecular weight is 317 g/mol. The predicted molar refractivity (Wildman–Crippen MR) is 70.8 cm³/mol. The van der Waals surface area contributed by atoms with Gasteiger partial charge in [0.1, 0.15) is 22.3 Å². The molecule has 0 aliphatic rings. The van der Waals surface area contributed by atoms with Gasteiger partial charge in [0.25, 0.3) is 0 Å². The minimum Gasteiger partial charge on any atom is -0.444 e. The van der Waals surface area contributed by atoms with Crippen LogP contribution in [0, 0.1) is 25.5 Å². The molecule has 0 aliphatic carbocycles. The van der Waals surface area contributed by atoms with Crippen molar-refractivity contribution >= 4 is 15.7 Å². The van der Waals surface area contributed by atoms with E-state index in [1.54, 1.807) is 13.8 Å². The standard InChI is InChI=1S/C12H13F2N3O3S/c1-6-7(2)20-12(17-6)5-16-21(18,19)11-4-10(15)8(13)3-9(11)14/h3-4,16H,5,15H2,1-2H3. The zero-order chi connectivity index (χ0) is 15.8. The third kappa shape index (κ3) is 3.19. The molecule has 6 nitrogen and oxygen atoms in total. The molecule has 21 heavy (non-hydrogen) atoms. The second-order valence-electron chi connectivity index (χ2n) is 4.38. The lowest BCUT2D eigenvalue weighted by molar-refractivity contribution is 0.462. The summed E-state index contributed by atoms with van der Waals surface area (Å²) in [4.78, 5) is 3.25. The van der Waals surface area contributed by atoms with Crippen LogP contribution in [0.4, 0.5) is 14.5 Å². The van der Waals surface area contributed by atoms with Crippen molar-refractivity contribution in [2.45, 2.75) is 25.3 Å². The van der Waals surface area contributed by atoms with Crippen LogP contribution in [0.15, 0.2) is 21.4 Å². The first-order chi connectivity index (χ1) is 9.70. The van der Waals surface area contributed by atoms with Gasteiger partial charge in [-0.3, -0.25) is 0 Å². The van der Waals surface area contributed by atoms with Crippen LogP contribution in [0.3, 0.4) is 0 Å². The first kappa shape index (κ1) is 15.4. The van der Waals surface area contributed by atoms with Gasteiger partial charge in [-0.2, -0.15) is 0 Å². The summed E-state index contributed by atoms with van der Waals surface area (Å²) >= 11 is 0. The smallest absolute Gasteiger partial charge is 0.244 e. The van der Waals surface area contributed by atoms with E-state index in [9.17, 15) is 17.2 Å². The Labute approximate surface area is 120 Å². The van der Waals surface area contributed by atoms with Crippen molar-refractivity contribution in [3.63, 3.8) is 0 Å². The van der Waals surface area contributed by atoms with Crippen LogP contribution >= 0.6 is 0 Å². The van der Waals surface area contributed by atoms with Crippen molar-refractivity contribution in [2.75, 3.05) is 5.73 Å². The number of sulfonamides is 1. The molecule has 0 atom stereocenters. The van der Waals surface area contributed by atoms with Crippen LogP contribution in [0.25, 0.3) is 0 Å². The van der Waals surface area contributed by atoms with Crippen LogP contribution in [0.2, 0.25) is 0 Å². The molecular formula is C12H13F2N3O3S. The number of nitrogens with zero attached hydrogens (tertiary/aromatic N) is 1. The normalized spacial score (nSPS) is 11.8. The summed E-state index contributed by atoms with van der Waals surface area (Å²) in [5, 5.41) is 0. The Morgan fingerprint density at radius 2 is 1.95 bits per heavy atom. The number of hydrogen-bond donors (Lipinski definition) is 2. The molecule has 0 spiro atoms. The van der Waals surface area contributed by atoms with Gasteiger partial charge in [-0.25, -0.2) is 26.9 Å². The fourth-order valence-corrected chi connectivity index (χ4v) is 2.67. The molecule has 0 saturated heterocycles. The number of halogens is 2. The van der Waals surface area contributed by atoms with Crippen molar-refractivity contribution in [3.05, 3.63) is 41.1 Å². The molecule has 0 unspecified atom stereocenters. The van der Waals surface area contributed by atoms with Gasteiger partial charge in [-0.15, -0.1) is 0 Å². The molecule has 9 heteroatoms. The third-order valence-corrected chi connectivity index (χ3v) is 4.24. The van der Waals surface area contributed by atoms with Crippen molar-refractivity contribution in [1.82, 2.24) is 9.71 Å². The molecule has 0 saturated carbocycles. The molecule has 2 rings (SSSR count). The van der Waals surface area contributed by atoms with E-state index in [0.717, 1.165) is 6.07 Å². The van der Waals surface area contributed by atoms with Gasteiger partial charge in [0.15, 0.2) is 0 Å². The molecule has 1 heterocycles. The molecule has 0 amide bonds. The molecule has 2 aromatic rings. The summed E-state index contributed by atoms with van der Waals surface area (Å²) in [5.74, 6) is -1.55. The van der Waals surface area contributed by atoms with Gasteiger partial charge in [0.2, 0.25) is 15.9 Å². The van der Waals surface area contributed by atoms with Crippen molar-refractivity contribution in [1.29, 1.82) is 0 Å². The monoisotopic (exact) mass is 317 g/mol. The second-order valence-corrected chi connectivity index (χ2v) is 6.11. The van der Waals surface area contributed by atoms with E-state index >= 15 is 0 Å². The molecule has 0 bridgehead atoms. The Balaban J connectivity index is 2.24. The van der Waals surface area contributed by atoms with E-state index in [4.69, 9.17) is 10.2 Å². The van der Waals surface area contributed by atoms with Gasteiger partial charge in [-0.05, 0) is 19.9 Å². The van der Waals surface area contributed by atoms with Gasteiger partial charge >= 0.3 is 0 Å². The van der Waals surface area contributed by atoms with E-state index in [1.807, 2.05) is 0 Å². The number of hydrogen-bond acceptors (Lipinski definition) is 5. The third-order valence-electron chi connectivity index (χ3n) is 2.83.